The van der Waals surface area contributed by atoms with Gasteiger partial charge >= 0.3 is 0 Å². The number of nitrogens with one attached hydrogen (secondary N) is 4. The molecule has 0 fully saturated rings. The number of carbonyl (C=O) groups is 3. The molecule has 0 saturated heterocycles. The van der Waals surface area contributed by atoms with Crippen molar-refractivity contribution >= 4 is 23.4 Å². The number of hydroxylamine groups is 1. The van der Waals surface area contributed by atoms with Crippen molar-refractivity contribution in [3.63, 3.8) is 0 Å². The molecule has 2 rings (SSSR count). The molecule has 0 bridgehead atoms. The van der Waals surface area contributed by atoms with Crippen LogP contribution in [0.5, 0.6) is 0 Å². The molecule has 3 amide bonds. The van der Waals surface area contributed by atoms with Crippen molar-refractivity contribution in [2.24, 2.45) is 5.73 Å². The first-order valence-electron chi connectivity index (χ1n) is 10.6. The highest BCUT2D eigenvalue weighted by molar-refractivity contribution is 5.97. The fourth-order valence-corrected chi connectivity index (χ4v) is 2.68. The van der Waals surface area contributed by atoms with Gasteiger partial charge in [0.15, 0.2) is 0 Å². The maximum absolute atomic E-state index is 12.2. The second-order valence-corrected chi connectivity index (χ2v) is 7.12. The first-order valence-corrected chi connectivity index (χ1v) is 10.6. The van der Waals surface area contributed by atoms with E-state index in [0.717, 1.165) is 18.5 Å². The van der Waals surface area contributed by atoms with Crippen LogP contribution in [-0.4, -0.2) is 48.6 Å². The lowest BCUT2D eigenvalue weighted by Crippen LogP contribution is -2.50. The summed E-state index contributed by atoms with van der Waals surface area (Å²) in [5.41, 5.74) is 9.30. The molecule has 0 aliphatic rings. The number of anilines is 1. The molecule has 9 nitrogen and oxygen atoms in total. The lowest BCUT2D eigenvalue weighted by atomic mass is 10.1. The van der Waals surface area contributed by atoms with E-state index in [9.17, 15) is 14.4 Å². The van der Waals surface area contributed by atoms with Crippen LogP contribution in [0.25, 0.3) is 0 Å². The first-order chi connectivity index (χ1) is 16.5. The van der Waals surface area contributed by atoms with Crippen LogP contribution in [0.3, 0.4) is 0 Å². The minimum atomic E-state index is -1.04. The van der Waals surface area contributed by atoms with E-state index in [1.165, 1.54) is 5.48 Å². The van der Waals surface area contributed by atoms with Gasteiger partial charge in [0.25, 0.3) is 11.8 Å². The van der Waals surface area contributed by atoms with E-state index in [1.54, 1.807) is 48.5 Å². The van der Waals surface area contributed by atoms with Crippen molar-refractivity contribution in [2.75, 3.05) is 25.0 Å². The predicted molar refractivity (Wildman–Crippen MR) is 129 cm³/mol. The van der Waals surface area contributed by atoms with E-state index < -0.39 is 17.9 Å². The van der Waals surface area contributed by atoms with Crippen molar-refractivity contribution in [1.29, 1.82) is 0 Å². The fourth-order valence-electron chi connectivity index (χ4n) is 2.68. The minimum absolute atomic E-state index is 0.100. The molecule has 0 aromatic heterocycles. The zero-order valence-electron chi connectivity index (χ0n) is 18.8. The van der Waals surface area contributed by atoms with Crippen LogP contribution in [0, 0.1) is 23.7 Å². The Labute approximate surface area is 198 Å². The third-order valence-corrected chi connectivity index (χ3v) is 4.47. The van der Waals surface area contributed by atoms with E-state index in [-0.39, 0.29) is 19.0 Å². The van der Waals surface area contributed by atoms with Crippen molar-refractivity contribution in [3.8, 4) is 23.7 Å². The summed E-state index contributed by atoms with van der Waals surface area (Å²) < 4.78 is 0. The molecule has 2 aromatic carbocycles. The average Bonchev–Trinajstić information content (AvgIpc) is 2.86. The highest BCUT2D eigenvalue weighted by Gasteiger charge is 2.19. The number of carbonyl (C=O) groups excluding carboxylic acids is 3. The maximum Gasteiger partial charge on any atom is 0.267 e. The van der Waals surface area contributed by atoms with Gasteiger partial charge in [-0.25, -0.2) is 5.48 Å². The van der Waals surface area contributed by atoms with E-state index in [0.29, 0.717) is 16.8 Å². The van der Waals surface area contributed by atoms with Crippen LogP contribution in [0.2, 0.25) is 0 Å². The average molecular weight is 462 g/mol. The van der Waals surface area contributed by atoms with Crippen molar-refractivity contribution in [1.82, 2.24) is 16.1 Å². The summed E-state index contributed by atoms with van der Waals surface area (Å²) in [6.45, 7) is 2.94. The van der Waals surface area contributed by atoms with Crippen LogP contribution < -0.4 is 27.2 Å². The van der Waals surface area contributed by atoms with Gasteiger partial charge < -0.3 is 21.7 Å². The van der Waals surface area contributed by atoms with Crippen LogP contribution >= 0.6 is 0 Å². The van der Waals surface area contributed by atoms with Crippen molar-refractivity contribution < 1.29 is 19.6 Å². The topological polar surface area (TPSA) is 146 Å². The van der Waals surface area contributed by atoms with Gasteiger partial charge in [-0.05, 0) is 73.3 Å². The molecule has 0 radical (unpaired) electrons. The zero-order chi connectivity index (χ0) is 24.8. The van der Waals surface area contributed by atoms with E-state index in [1.807, 2.05) is 6.92 Å². The number of hydrogen-bond donors (Lipinski definition) is 6. The Morgan fingerprint density at radius 2 is 1.56 bits per heavy atom. The summed E-state index contributed by atoms with van der Waals surface area (Å²) in [5.74, 6) is 9.93. The van der Waals surface area contributed by atoms with Gasteiger partial charge in [0.1, 0.15) is 6.04 Å². The monoisotopic (exact) mass is 461 g/mol. The Bertz CT molecular complexity index is 1110. The number of rotatable bonds is 9. The van der Waals surface area contributed by atoms with Crippen LogP contribution in [-0.2, 0) is 9.59 Å². The second-order valence-electron chi connectivity index (χ2n) is 7.12. The lowest BCUT2D eigenvalue weighted by molar-refractivity contribution is -0.130. The molecule has 1 atom stereocenters. The lowest BCUT2D eigenvalue weighted by Gasteiger charge is -2.14. The number of benzene rings is 2. The van der Waals surface area contributed by atoms with Gasteiger partial charge in [-0.1, -0.05) is 18.8 Å². The molecule has 0 heterocycles. The van der Waals surface area contributed by atoms with Gasteiger partial charge in [0.05, 0.1) is 6.54 Å². The third-order valence-electron chi connectivity index (χ3n) is 4.47. The van der Waals surface area contributed by atoms with Crippen molar-refractivity contribution in [2.45, 2.75) is 19.4 Å². The SMILES string of the molecule is CCCNCC(=O)Nc1ccc(C#CC#Cc2ccc(C(=O)N[C@@H](CN)C(=O)NO)cc2)cc1. The molecule has 2 aromatic rings. The Morgan fingerprint density at radius 3 is 2.09 bits per heavy atom. The molecular formula is C25H27N5O4. The molecule has 176 valence electrons. The summed E-state index contributed by atoms with van der Waals surface area (Å²) in [5, 5.41) is 16.9. The second kappa shape index (κ2) is 14.1. The van der Waals surface area contributed by atoms with Crippen LogP contribution in [0.15, 0.2) is 48.5 Å². The first kappa shape index (κ1) is 26.1. The molecule has 0 unspecified atom stereocenters. The van der Waals surface area contributed by atoms with E-state index in [2.05, 4.69) is 39.6 Å². The van der Waals surface area contributed by atoms with Gasteiger partial charge in [-0.3, -0.25) is 19.6 Å². The van der Waals surface area contributed by atoms with Crippen molar-refractivity contribution in [3.05, 3.63) is 65.2 Å². The largest absolute Gasteiger partial charge is 0.339 e. The summed E-state index contributed by atoms with van der Waals surface area (Å²) in [6.07, 6.45) is 0.967. The van der Waals surface area contributed by atoms with Gasteiger partial charge in [0, 0.05) is 28.9 Å². The Balaban J connectivity index is 1.91. The summed E-state index contributed by atoms with van der Waals surface area (Å²) in [7, 11) is 0. The Hall–Kier alpha value is -4.15. The molecule has 34 heavy (non-hydrogen) atoms. The minimum Gasteiger partial charge on any atom is -0.339 e. The molecule has 0 spiro atoms. The van der Waals surface area contributed by atoms with Gasteiger partial charge in [0.2, 0.25) is 5.91 Å². The highest BCUT2D eigenvalue weighted by atomic mass is 16.5. The number of nitrogens with two attached hydrogens (primary N) is 1. The zero-order valence-corrected chi connectivity index (χ0v) is 18.8. The summed E-state index contributed by atoms with van der Waals surface area (Å²) in [4.78, 5) is 35.4. The van der Waals surface area contributed by atoms with Gasteiger partial charge in [-0.2, -0.15) is 0 Å². The summed E-state index contributed by atoms with van der Waals surface area (Å²) in [6, 6.07) is 12.5. The Kier molecular flexibility index (Phi) is 10.8. The summed E-state index contributed by atoms with van der Waals surface area (Å²) >= 11 is 0. The smallest absolute Gasteiger partial charge is 0.267 e. The molecular weight excluding hydrogens is 434 g/mol. The quantitative estimate of drug-likeness (QED) is 0.140. The van der Waals surface area contributed by atoms with E-state index >= 15 is 0 Å². The molecule has 9 heteroatoms. The van der Waals surface area contributed by atoms with E-state index in [4.69, 9.17) is 10.9 Å². The Morgan fingerprint density at radius 1 is 0.971 bits per heavy atom. The highest BCUT2D eigenvalue weighted by Crippen LogP contribution is 2.08. The maximum atomic E-state index is 12.2. The van der Waals surface area contributed by atoms with Gasteiger partial charge in [-0.15, -0.1) is 0 Å². The molecule has 0 saturated carbocycles. The molecule has 0 aliphatic carbocycles. The predicted octanol–water partition coefficient (Wildman–Crippen LogP) is 0.590. The normalized spacial score (nSPS) is 10.6. The molecule has 7 N–H and O–H groups in total. The third kappa shape index (κ3) is 8.77. The number of amides is 3. The van der Waals surface area contributed by atoms with Crippen LogP contribution in [0.1, 0.15) is 34.8 Å². The van der Waals surface area contributed by atoms with Crippen LogP contribution in [0.4, 0.5) is 5.69 Å². The fraction of sp³-hybridized carbons (Fsp3) is 0.240. The standard InChI is InChI=1S/C25H27N5O4/c1-2-15-27-17-23(31)28-21-13-9-19(10-14-21)6-4-3-5-18-7-11-20(12-8-18)24(32)29-22(16-26)25(33)30-34/h7-14,22,27,34H,2,15-17,26H2,1H3,(H,28,31)(H,29,32)(H,30,33)/t22-/m0/s1. The number of hydrogen-bond acceptors (Lipinski definition) is 6. The molecule has 0 aliphatic heterocycles.